The zero-order valence-corrected chi connectivity index (χ0v) is 12.8. The highest BCUT2D eigenvalue weighted by Gasteiger charge is 2.06. The predicted octanol–water partition coefficient (Wildman–Crippen LogP) is 3.78. The van der Waals surface area contributed by atoms with Crippen LogP contribution < -0.4 is 14.2 Å². The molecule has 4 nitrogen and oxygen atoms in total. The maximum absolute atomic E-state index is 9.39. The van der Waals surface area contributed by atoms with Gasteiger partial charge in [-0.15, -0.1) is 0 Å². The van der Waals surface area contributed by atoms with Crippen molar-refractivity contribution in [1.82, 2.24) is 0 Å². The predicted molar refractivity (Wildman–Crippen MR) is 86.0 cm³/mol. The van der Waals surface area contributed by atoms with Gasteiger partial charge in [-0.1, -0.05) is 6.07 Å². The van der Waals surface area contributed by atoms with Gasteiger partial charge in [-0.3, -0.25) is 0 Å². The summed E-state index contributed by atoms with van der Waals surface area (Å²) < 4.78 is 15.6. The van der Waals surface area contributed by atoms with E-state index in [1.165, 1.54) is 0 Å². The monoisotopic (exact) mass is 295 g/mol. The second-order valence-corrected chi connectivity index (χ2v) is 4.51. The van der Waals surface area contributed by atoms with Crippen LogP contribution in [0.25, 0.3) is 11.6 Å². The molecule has 0 N–H and O–H groups in total. The number of benzene rings is 2. The van der Waals surface area contributed by atoms with Crippen LogP contribution in [-0.2, 0) is 0 Å². The van der Waals surface area contributed by atoms with Gasteiger partial charge in [0.1, 0.15) is 5.75 Å². The minimum atomic E-state index is 0.565. The second kappa shape index (κ2) is 7.19. The molecule has 0 unspecified atom stereocenters. The molecule has 0 bridgehead atoms. The highest BCUT2D eigenvalue weighted by atomic mass is 16.5. The number of methoxy groups -OCH3 is 3. The Bertz CT molecular complexity index is 712. The topological polar surface area (TPSA) is 51.5 Å². The van der Waals surface area contributed by atoms with Crippen molar-refractivity contribution in [3.05, 3.63) is 53.6 Å². The maximum atomic E-state index is 9.39. The molecule has 0 aliphatic rings. The molecule has 0 heterocycles. The molecule has 0 fully saturated rings. The zero-order chi connectivity index (χ0) is 15.9. The van der Waals surface area contributed by atoms with Gasteiger partial charge in [0.25, 0.3) is 0 Å². The van der Waals surface area contributed by atoms with Crippen molar-refractivity contribution in [2.75, 3.05) is 21.3 Å². The average molecular weight is 295 g/mol. The van der Waals surface area contributed by atoms with Gasteiger partial charge in [-0.05, 0) is 53.6 Å². The van der Waals surface area contributed by atoms with Crippen LogP contribution in [0.4, 0.5) is 0 Å². The number of nitriles is 1. The fourth-order valence-corrected chi connectivity index (χ4v) is 2.06. The summed E-state index contributed by atoms with van der Waals surface area (Å²) in [5.41, 5.74) is 2.26. The Kier molecular flexibility index (Phi) is 5.05. The normalized spacial score (nSPS) is 10.7. The van der Waals surface area contributed by atoms with Crippen LogP contribution in [0, 0.1) is 11.3 Å². The lowest BCUT2D eigenvalue weighted by Gasteiger charge is -2.08. The van der Waals surface area contributed by atoms with Crippen LogP contribution >= 0.6 is 0 Å². The van der Waals surface area contributed by atoms with E-state index >= 15 is 0 Å². The molecule has 2 rings (SSSR count). The number of ether oxygens (including phenoxy) is 3. The highest BCUT2D eigenvalue weighted by molar-refractivity contribution is 5.89. The van der Waals surface area contributed by atoms with Crippen LogP contribution in [0.1, 0.15) is 11.1 Å². The van der Waals surface area contributed by atoms with E-state index in [-0.39, 0.29) is 0 Å². The van der Waals surface area contributed by atoms with E-state index in [1.807, 2.05) is 48.5 Å². The van der Waals surface area contributed by atoms with Gasteiger partial charge in [0.15, 0.2) is 11.5 Å². The van der Waals surface area contributed by atoms with Crippen molar-refractivity contribution in [1.29, 1.82) is 5.26 Å². The number of nitrogens with zero attached hydrogens (tertiary/aromatic N) is 1. The molecule has 0 aliphatic heterocycles. The smallest absolute Gasteiger partial charge is 0.161 e. The van der Waals surface area contributed by atoms with Gasteiger partial charge in [0.05, 0.1) is 33.0 Å². The van der Waals surface area contributed by atoms with Crippen molar-refractivity contribution >= 4 is 11.6 Å². The fraction of sp³-hybridized carbons (Fsp3) is 0.167. The Balaban J connectivity index is 2.38. The summed E-state index contributed by atoms with van der Waals surface area (Å²) in [6, 6.07) is 15.1. The van der Waals surface area contributed by atoms with Gasteiger partial charge >= 0.3 is 0 Å². The van der Waals surface area contributed by atoms with E-state index < -0.39 is 0 Å². The van der Waals surface area contributed by atoms with E-state index in [0.717, 1.165) is 16.9 Å². The number of allylic oxidation sites excluding steroid dienone is 1. The first-order chi connectivity index (χ1) is 10.7. The summed E-state index contributed by atoms with van der Waals surface area (Å²) in [6.45, 7) is 0. The van der Waals surface area contributed by atoms with Gasteiger partial charge in [-0.25, -0.2) is 0 Å². The fourth-order valence-electron chi connectivity index (χ4n) is 2.06. The number of rotatable bonds is 5. The zero-order valence-electron chi connectivity index (χ0n) is 12.8. The van der Waals surface area contributed by atoms with Crippen LogP contribution in [-0.4, -0.2) is 21.3 Å². The molecule has 2 aromatic rings. The second-order valence-electron chi connectivity index (χ2n) is 4.51. The molecule has 0 aliphatic carbocycles. The van der Waals surface area contributed by atoms with E-state index in [1.54, 1.807) is 21.3 Å². The lowest BCUT2D eigenvalue weighted by atomic mass is 10.0. The molecular formula is C18H17NO3. The van der Waals surface area contributed by atoms with Crippen LogP contribution in [0.5, 0.6) is 17.2 Å². The molecule has 0 radical (unpaired) electrons. The van der Waals surface area contributed by atoms with Gasteiger partial charge in [-0.2, -0.15) is 5.26 Å². The molecule has 0 aromatic heterocycles. The first kappa shape index (κ1) is 15.5. The van der Waals surface area contributed by atoms with Gasteiger partial charge in [0.2, 0.25) is 0 Å². The maximum Gasteiger partial charge on any atom is 0.161 e. The van der Waals surface area contributed by atoms with E-state index in [9.17, 15) is 5.26 Å². The van der Waals surface area contributed by atoms with Crippen molar-refractivity contribution in [2.45, 2.75) is 0 Å². The lowest BCUT2D eigenvalue weighted by Crippen LogP contribution is -1.91. The van der Waals surface area contributed by atoms with Gasteiger partial charge < -0.3 is 14.2 Å². The molecule has 2 aromatic carbocycles. The average Bonchev–Trinajstić information content (AvgIpc) is 2.59. The summed E-state index contributed by atoms with van der Waals surface area (Å²) >= 11 is 0. The Hall–Kier alpha value is -2.93. The molecule has 0 saturated carbocycles. The Morgan fingerprint density at radius 2 is 1.59 bits per heavy atom. The first-order valence-electron chi connectivity index (χ1n) is 6.70. The minimum absolute atomic E-state index is 0.565. The van der Waals surface area contributed by atoms with Crippen LogP contribution in [0.3, 0.4) is 0 Å². The molecule has 112 valence electrons. The van der Waals surface area contributed by atoms with Crippen molar-refractivity contribution < 1.29 is 14.2 Å². The summed E-state index contributed by atoms with van der Waals surface area (Å²) in [7, 11) is 4.78. The number of hydrogen-bond donors (Lipinski definition) is 0. The Labute approximate surface area is 130 Å². The molecule has 0 amide bonds. The summed E-state index contributed by atoms with van der Waals surface area (Å²) in [5, 5.41) is 9.39. The highest BCUT2D eigenvalue weighted by Crippen LogP contribution is 2.29. The van der Waals surface area contributed by atoms with Gasteiger partial charge in [0, 0.05) is 0 Å². The minimum Gasteiger partial charge on any atom is -0.497 e. The molecule has 22 heavy (non-hydrogen) atoms. The number of hydrogen-bond acceptors (Lipinski definition) is 4. The van der Waals surface area contributed by atoms with E-state index in [0.29, 0.717) is 17.1 Å². The standard InChI is InChI=1S/C18H17NO3/c1-20-16-7-5-14(6-8-16)15(12-19)10-13-4-9-17(21-2)18(11-13)22-3/h4-11H,1-3H3/b15-10-. The van der Waals surface area contributed by atoms with Crippen molar-refractivity contribution in [2.24, 2.45) is 0 Å². The largest absolute Gasteiger partial charge is 0.497 e. The molecule has 4 heteroatoms. The lowest BCUT2D eigenvalue weighted by molar-refractivity contribution is 0.355. The third kappa shape index (κ3) is 3.39. The van der Waals surface area contributed by atoms with Crippen LogP contribution in [0.2, 0.25) is 0 Å². The third-order valence-corrected chi connectivity index (χ3v) is 3.24. The quantitative estimate of drug-likeness (QED) is 0.622. The third-order valence-electron chi connectivity index (χ3n) is 3.24. The molecule has 0 atom stereocenters. The van der Waals surface area contributed by atoms with E-state index in [2.05, 4.69) is 6.07 Å². The van der Waals surface area contributed by atoms with Crippen LogP contribution in [0.15, 0.2) is 42.5 Å². The summed E-state index contributed by atoms with van der Waals surface area (Å²) in [4.78, 5) is 0. The van der Waals surface area contributed by atoms with Crippen molar-refractivity contribution in [3.63, 3.8) is 0 Å². The Morgan fingerprint density at radius 1 is 0.909 bits per heavy atom. The van der Waals surface area contributed by atoms with Crippen molar-refractivity contribution in [3.8, 4) is 23.3 Å². The SMILES string of the molecule is COc1ccc(/C(C#N)=C\c2ccc(OC)c(OC)c2)cc1. The Morgan fingerprint density at radius 3 is 2.14 bits per heavy atom. The molecule has 0 spiro atoms. The summed E-state index contributed by atoms with van der Waals surface area (Å²) in [5.74, 6) is 2.04. The molecule has 0 saturated heterocycles. The summed E-state index contributed by atoms with van der Waals surface area (Å²) in [6.07, 6.45) is 1.81. The first-order valence-corrected chi connectivity index (χ1v) is 6.70. The van der Waals surface area contributed by atoms with E-state index in [4.69, 9.17) is 14.2 Å². The molecular weight excluding hydrogens is 278 g/mol.